The van der Waals surface area contributed by atoms with Crippen LogP contribution in [0.4, 0.5) is 22.0 Å². The average Bonchev–Trinajstić information content (AvgIpc) is 2.79. The van der Waals surface area contributed by atoms with Crippen LogP contribution in [0, 0.1) is 29.1 Å². The summed E-state index contributed by atoms with van der Waals surface area (Å²) < 4.78 is 61.8. The Balaban J connectivity index is 0.000000639. The van der Waals surface area contributed by atoms with Gasteiger partial charge in [0.15, 0.2) is 29.1 Å². The molecular formula is C24H40F5NO. The average molecular weight is 454 g/mol. The molecule has 0 saturated carbocycles. The number of hydrogen-bond acceptors (Lipinski definition) is 1. The molecule has 7 heteroatoms. The van der Waals surface area contributed by atoms with Gasteiger partial charge in [0.2, 0.25) is 0 Å². The first kappa shape index (κ1) is 29.6. The SMILES string of the molecule is CCCCCC[N+](CCCC)(CCCC)CCCC.[O-]c1c(F)c(F)c(F)c(F)c1F. The van der Waals surface area contributed by atoms with Crippen molar-refractivity contribution in [1.29, 1.82) is 0 Å². The molecule has 0 spiro atoms. The van der Waals surface area contributed by atoms with E-state index in [-0.39, 0.29) is 0 Å². The molecule has 0 bridgehead atoms. The molecule has 0 heterocycles. The van der Waals surface area contributed by atoms with Crippen LogP contribution in [0.5, 0.6) is 5.75 Å². The second kappa shape index (κ2) is 16.3. The first-order valence-corrected chi connectivity index (χ1v) is 11.7. The van der Waals surface area contributed by atoms with E-state index in [1.807, 2.05) is 0 Å². The van der Waals surface area contributed by atoms with Gasteiger partial charge in [-0.25, -0.2) is 22.0 Å². The Morgan fingerprint density at radius 1 is 0.484 bits per heavy atom. The summed E-state index contributed by atoms with van der Waals surface area (Å²) in [6.07, 6.45) is 14.0. The molecule has 0 atom stereocenters. The number of halogens is 5. The van der Waals surface area contributed by atoms with Gasteiger partial charge in [0.1, 0.15) is 0 Å². The van der Waals surface area contributed by atoms with E-state index in [1.54, 1.807) is 0 Å². The third kappa shape index (κ3) is 10.2. The van der Waals surface area contributed by atoms with Gasteiger partial charge in [-0.3, -0.25) is 0 Å². The highest BCUT2D eigenvalue weighted by molar-refractivity contribution is 5.26. The minimum atomic E-state index is -2.33. The molecule has 0 aliphatic heterocycles. The van der Waals surface area contributed by atoms with Crippen molar-refractivity contribution in [1.82, 2.24) is 0 Å². The standard InChI is InChI=1S/C18H40N.C6HF5O/c1-5-9-13-14-18-19(15-10-6-2,16-11-7-3)17-12-8-4;7-1-2(8)4(10)6(12)5(11)3(1)9/h5-18H2,1-4H3;12H/q+1;/p-1. The minimum Gasteiger partial charge on any atom is -0.868 e. The van der Waals surface area contributed by atoms with Crippen LogP contribution in [-0.4, -0.2) is 30.7 Å². The van der Waals surface area contributed by atoms with E-state index in [0.29, 0.717) is 0 Å². The minimum absolute atomic E-state index is 1.35. The monoisotopic (exact) mass is 453 g/mol. The van der Waals surface area contributed by atoms with Crippen LogP contribution in [-0.2, 0) is 0 Å². The quantitative estimate of drug-likeness (QED) is 0.0957. The summed E-state index contributed by atoms with van der Waals surface area (Å²) in [7, 11) is 0. The third-order valence-corrected chi connectivity index (χ3v) is 5.61. The van der Waals surface area contributed by atoms with Crippen LogP contribution in [0.1, 0.15) is 91.9 Å². The number of unbranched alkanes of at least 4 members (excludes halogenated alkanes) is 6. The molecule has 1 aromatic rings. The van der Waals surface area contributed by atoms with Gasteiger partial charge in [-0.05, 0) is 37.9 Å². The van der Waals surface area contributed by atoms with Crippen molar-refractivity contribution in [3.63, 3.8) is 0 Å². The Kier molecular flexibility index (Phi) is 15.6. The smallest absolute Gasteiger partial charge is 0.200 e. The van der Waals surface area contributed by atoms with Gasteiger partial charge in [-0.1, -0.05) is 59.8 Å². The summed E-state index contributed by atoms with van der Waals surface area (Å²) in [6.45, 7) is 15.1. The van der Waals surface area contributed by atoms with Gasteiger partial charge < -0.3 is 9.59 Å². The summed E-state index contributed by atoms with van der Waals surface area (Å²) in [4.78, 5) is 0. The van der Waals surface area contributed by atoms with E-state index in [1.165, 1.54) is 94.9 Å². The number of rotatable bonds is 14. The van der Waals surface area contributed by atoms with Crippen LogP contribution < -0.4 is 5.11 Å². The zero-order chi connectivity index (χ0) is 23.9. The van der Waals surface area contributed by atoms with E-state index in [4.69, 9.17) is 0 Å². The van der Waals surface area contributed by atoms with Crippen LogP contribution in [0.25, 0.3) is 0 Å². The number of hydrogen-bond donors (Lipinski definition) is 0. The van der Waals surface area contributed by atoms with Gasteiger partial charge in [0, 0.05) is 0 Å². The first-order valence-electron chi connectivity index (χ1n) is 11.7. The highest BCUT2D eigenvalue weighted by Gasteiger charge is 2.25. The Hall–Kier alpha value is -1.37. The van der Waals surface area contributed by atoms with Gasteiger partial charge in [-0.15, -0.1) is 0 Å². The fourth-order valence-electron chi connectivity index (χ4n) is 3.61. The predicted molar refractivity (Wildman–Crippen MR) is 114 cm³/mol. The van der Waals surface area contributed by atoms with Crippen LogP contribution >= 0.6 is 0 Å². The molecule has 0 aliphatic carbocycles. The van der Waals surface area contributed by atoms with Crippen molar-refractivity contribution >= 4 is 0 Å². The molecule has 1 aromatic carbocycles. The van der Waals surface area contributed by atoms with Crippen molar-refractivity contribution in [3.8, 4) is 5.75 Å². The van der Waals surface area contributed by atoms with Crippen molar-refractivity contribution in [3.05, 3.63) is 29.1 Å². The molecule has 0 unspecified atom stereocenters. The van der Waals surface area contributed by atoms with E-state index in [0.717, 1.165) is 0 Å². The van der Waals surface area contributed by atoms with Crippen LogP contribution in [0.2, 0.25) is 0 Å². The lowest BCUT2D eigenvalue weighted by molar-refractivity contribution is -0.929. The van der Waals surface area contributed by atoms with E-state index >= 15 is 0 Å². The Morgan fingerprint density at radius 3 is 1.16 bits per heavy atom. The van der Waals surface area contributed by atoms with Gasteiger partial charge in [0.05, 0.1) is 26.2 Å². The Morgan fingerprint density at radius 2 is 0.806 bits per heavy atom. The Labute approximate surface area is 185 Å². The zero-order valence-electron chi connectivity index (χ0n) is 19.6. The Bertz CT molecular complexity index is 498. The summed E-state index contributed by atoms with van der Waals surface area (Å²) in [5, 5.41) is 10.2. The van der Waals surface area contributed by atoms with Crippen molar-refractivity contribution in [2.24, 2.45) is 0 Å². The van der Waals surface area contributed by atoms with Crippen molar-refractivity contribution in [2.75, 3.05) is 26.2 Å². The molecule has 0 aromatic heterocycles. The largest absolute Gasteiger partial charge is 0.868 e. The fraction of sp³-hybridized carbons (Fsp3) is 0.750. The molecule has 0 amide bonds. The third-order valence-electron chi connectivity index (χ3n) is 5.61. The molecule has 0 fully saturated rings. The van der Waals surface area contributed by atoms with Crippen molar-refractivity contribution < 1.29 is 31.5 Å². The van der Waals surface area contributed by atoms with Crippen molar-refractivity contribution in [2.45, 2.75) is 91.9 Å². The molecule has 0 aliphatic rings. The second-order valence-corrected chi connectivity index (χ2v) is 8.26. The molecule has 31 heavy (non-hydrogen) atoms. The maximum absolute atomic E-state index is 12.1. The molecular weight excluding hydrogens is 413 g/mol. The second-order valence-electron chi connectivity index (χ2n) is 8.26. The lowest BCUT2D eigenvalue weighted by atomic mass is 10.1. The molecule has 182 valence electrons. The lowest BCUT2D eigenvalue weighted by Gasteiger charge is -2.39. The molecule has 2 nitrogen and oxygen atoms in total. The summed E-state index contributed by atoms with van der Waals surface area (Å²) >= 11 is 0. The maximum Gasteiger partial charge on any atom is 0.200 e. The normalized spacial score (nSPS) is 11.4. The van der Waals surface area contributed by atoms with Gasteiger partial charge in [0.25, 0.3) is 0 Å². The molecule has 0 radical (unpaired) electrons. The number of benzene rings is 1. The highest BCUT2D eigenvalue weighted by atomic mass is 19.2. The highest BCUT2D eigenvalue weighted by Crippen LogP contribution is 2.25. The first-order chi connectivity index (χ1) is 14.7. The summed E-state index contributed by atoms with van der Waals surface area (Å²) in [5.41, 5.74) is 0. The van der Waals surface area contributed by atoms with Gasteiger partial charge >= 0.3 is 0 Å². The van der Waals surface area contributed by atoms with E-state index in [9.17, 15) is 27.1 Å². The lowest BCUT2D eigenvalue weighted by Crippen LogP contribution is -2.50. The predicted octanol–water partition coefficient (Wildman–Crippen LogP) is 7.24. The van der Waals surface area contributed by atoms with E-state index in [2.05, 4.69) is 27.7 Å². The van der Waals surface area contributed by atoms with E-state index < -0.39 is 34.8 Å². The number of nitrogens with zero attached hydrogens (tertiary/aromatic N) is 1. The van der Waals surface area contributed by atoms with Crippen LogP contribution in [0.15, 0.2) is 0 Å². The molecule has 0 saturated heterocycles. The zero-order valence-corrected chi connectivity index (χ0v) is 19.6. The van der Waals surface area contributed by atoms with Gasteiger partial charge in [-0.2, -0.15) is 0 Å². The topological polar surface area (TPSA) is 23.1 Å². The summed E-state index contributed by atoms with van der Waals surface area (Å²) in [5.74, 6) is -13.6. The fourth-order valence-corrected chi connectivity index (χ4v) is 3.61. The molecule has 1 rings (SSSR count). The number of quaternary nitrogens is 1. The molecule has 0 N–H and O–H groups in total. The summed E-state index contributed by atoms with van der Waals surface area (Å²) in [6, 6.07) is 0. The maximum atomic E-state index is 12.1. The van der Waals surface area contributed by atoms with Crippen LogP contribution in [0.3, 0.4) is 0 Å².